The average Bonchev–Trinajstić information content (AvgIpc) is 2.00. The molecule has 1 atom stereocenters. The van der Waals surface area contributed by atoms with Crippen LogP contribution in [0.25, 0.3) is 0 Å². The van der Waals surface area contributed by atoms with Crippen LogP contribution in [0, 0.1) is 0 Å². The zero-order valence-corrected chi connectivity index (χ0v) is 9.19. The van der Waals surface area contributed by atoms with Crippen LogP contribution in [-0.4, -0.2) is 30.5 Å². The molecule has 0 aromatic carbocycles. The summed E-state index contributed by atoms with van der Waals surface area (Å²) in [6.45, 7) is 0.0985. The van der Waals surface area contributed by atoms with Crippen molar-refractivity contribution in [2.75, 3.05) is 12.0 Å². The first-order chi connectivity index (χ1) is 5.22. The van der Waals surface area contributed by atoms with Crippen molar-refractivity contribution in [3.8, 4) is 0 Å². The Morgan fingerprint density at radius 1 is 1.75 bits per heavy atom. The summed E-state index contributed by atoms with van der Waals surface area (Å²) >= 11 is 1.59. The van der Waals surface area contributed by atoms with Gasteiger partial charge in [-0.3, -0.25) is 4.79 Å². The topological polar surface area (TPSA) is 69.4 Å². The number of carbonyl (C=O) groups excluding carboxylic acids is 2. The molecule has 4 nitrogen and oxygen atoms in total. The fourth-order valence-corrected chi connectivity index (χ4v) is 0.987. The molecule has 0 fully saturated rings. The van der Waals surface area contributed by atoms with Crippen LogP contribution in [0.3, 0.4) is 0 Å². The standard InChI is InChI=1S/C6H11NO3S.Ru/c1-11-3-2-5(7)6(9)10-4-8;/h4-5H,2-3,7H2,1H3;/t5-;/m0./s1. The van der Waals surface area contributed by atoms with E-state index in [9.17, 15) is 9.59 Å². The third-order valence-corrected chi connectivity index (χ3v) is 1.74. The third-order valence-electron chi connectivity index (χ3n) is 1.10. The van der Waals surface area contributed by atoms with Gasteiger partial charge in [-0.05, 0) is 18.4 Å². The molecule has 72 valence electrons. The van der Waals surface area contributed by atoms with Gasteiger partial charge in [-0.2, -0.15) is 11.8 Å². The summed E-state index contributed by atoms with van der Waals surface area (Å²) in [5.41, 5.74) is 5.34. The molecule has 0 spiro atoms. The summed E-state index contributed by atoms with van der Waals surface area (Å²) < 4.78 is 4.05. The van der Waals surface area contributed by atoms with Crippen molar-refractivity contribution in [1.29, 1.82) is 0 Å². The van der Waals surface area contributed by atoms with Crippen molar-refractivity contribution < 1.29 is 33.8 Å². The Morgan fingerprint density at radius 2 is 2.33 bits per heavy atom. The molecule has 0 aromatic rings. The van der Waals surface area contributed by atoms with E-state index >= 15 is 0 Å². The number of hydrogen-bond donors (Lipinski definition) is 1. The second-order valence-corrected chi connectivity index (χ2v) is 2.91. The number of carbonyl (C=O) groups is 2. The van der Waals surface area contributed by atoms with E-state index < -0.39 is 12.0 Å². The van der Waals surface area contributed by atoms with E-state index in [1.165, 1.54) is 0 Å². The maximum absolute atomic E-state index is 10.7. The zero-order chi connectivity index (χ0) is 8.69. The van der Waals surface area contributed by atoms with E-state index in [1.54, 1.807) is 11.8 Å². The first kappa shape index (κ1) is 14.6. The summed E-state index contributed by atoms with van der Waals surface area (Å²) in [6.07, 6.45) is 2.45. The molecule has 0 rings (SSSR count). The molecule has 0 bridgehead atoms. The van der Waals surface area contributed by atoms with Gasteiger partial charge in [-0.15, -0.1) is 0 Å². The molecule has 0 amide bonds. The Bertz CT molecular complexity index is 145. The van der Waals surface area contributed by atoms with E-state index in [1.807, 2.05) is 6.26 Å². The first-order valence-electron chi connectivity index (χ1n) is 3.11. The Kier molecular flexibility index (Phi) is 11.1. The van der Waals surface area contributed by atoms with Crippen molar-refractivity contribution in [1.82, 2.24) is 0 Å². The van der Waals surface area contributed by atoms with Crippen molar-refractivity contribution in [2.45, 2.75) is 12.5 Å². The van der Waals surface area contributed by atoms with Crippen LogP contribution in [0.5, 0.6) is 0 Å². The van der Waals surface area contributed by atoms with Gasteiger partial charge in [-0.1, -0.05) is 0 Å². The van der Waals surface area contributed by atoms with Crippen molar-refractivity contribution >= 4 is 24.2 Å². The fourth-order valence-electron chi connectivity index (χ4n) is 0.497. The quantitative estimate of drug-likeness (QED) is 0.325. The SMILES string of the molecule is CSCC[C@H](N)C(=O)OC=O.[Ru]. The van der Waals surface area contributed by atoms with Gasteiger partial charge in [0.15, 0.2) is 0 Å². The van der Waals surface area contributed by atoms with Crippen LogP contribution >= 0.6 is 11.8 Å². The van der Waals surface area contributed by atoms with Gasteiger partial charge in [0, 0.05) is 19.5 Å². The minimum absolute atomic E-state index is 0. The molecular formula is C6H11NO3RuS. The van der Waals surface area contributed by atoms with Crippen LogP contribution in [0.1, 0.15) is 6.42 Å². The summed E-state index contributed by atoms with van der Waals surface area (Å²) in [4.78, 5) is 20.4. The van der Waals surface area contributed by atoms with Gasteiger partial charge in [0.05, 0.1) is 0 Å². The first-order valence-corrected chi connectivity index (χ1v) is 4.50. The summed E-state index contributed by atoms with van der Waals surface area (Å²) in [7, 11) is 0. The van der Waals surface area contributed by atoms with E-state index in [4.69, 9.17) is 5.73 Å². The minimum atomic E-state index is -0.673. The Hall–Kier alpha value is 0.0734. The number of thioether (sulfide) groups is 1. The van der Waals surface area contributed by atoms with Crippen LogP contribution < -0.4 is 5.73 Å². The van der Waals surface area contributed by atoms with E-state index in [2.05, 4.69) is 4.74 Å². The zero-order valence-electron chi connectivity index (χ0n) is 6.63. The fraction of sp³-hybridized carbons (Fsp3) is 0.667. The summed E-state index contributed by atoms with van der Waals surface area (Å²) in [5.74, 6) is 0.129. The number of esters is 1. The number of rotatable bonds is 5. The average molecular weight is 278 g/mol. The predicted octanol–water partition coefficient (Wildman–Crippen LogP) is -0.236. The van der Waals surface area contributed by atoms with E-state index in [0.29, 0.717) is 6.42 Å². The van der Waals surface area contributed by atoms with Gasteiger partial charge in [0.2, 0.25) is 0 Å². The van der Waals surface area contributed by atoms with Crippen LogP contribution in [-0.2, 0) is 33.8 Å². The second-order valence-electron chi connectivity index (χ2n) is 1.92. The molecule has 6 heteroatoms. The predicted molar refractivity (Wildman–Crippen MR) is 43.1 cm³/mol. The number of hydrogen-bond acceptors (Lipinski definition) is 5. The Morgan fingerprint density at radius 3 is 2.75 bits per heavy atom. The molecule has 0 aliphatic heterocycles. The molecule has 0 heterocycles. The maximum atomic E-state index is 10.7. The van der Waals surface area contributed by atoms with Gasteiger partial charge in [0.1, 0.15) is 6.04 Å². The monoisotopic (exact) mass is 279 g/mol. The Balaban J connectivity index is 0. The van der Waals surface area contributed by atoms with Crippen molar-refractivity contribution in [3.05, 3.63) is 0 Å². The van der Waals surface area contributed by atoms with Crippen LogP contribution in [0.2, 0.25) is 0 Å². The second kappa shape index (κ2) is 9.16. The summed E-state index contributed by atoms with van der Waals surface area (Å²) in [5, 5.41) is 0. The van der Waals surface area contributed by atoms with Gasteiger partial charge < -0.3 is 10.5 Å². The molecule has 12 heavy (non-hydrogen) atoms. The molecule has 0 radical (unpaired) electrons. The molecule has 2 N–H and O–H groups in total. The molecule has 0 saturated carbocycles. The summed E-state index contributed by atoms with van der Waals surface area (Å²) in [6, 6.07) is -0.673. The van der Waals surface area contributed by atoms with Crippen molar-refractivity contribution in [3.63, 3.8) is 0 Å². The maximum Gasteiger partial charge on any atom is 0.330 e. The van der Waals surface area contributed by atoms with Gasteiger partial charge >= 0.3 is 12.4 Å². The molecule has 0 aromatic heterocycles. The number of nitrogens with two attached hydrogens (primary N) is 1. The molecule has 0 aliphatic rings. The van der Waals surface area contributed by atoms with Crippen LogP contribution in [0.4, 0.5) is 0 Å². The van der Waals surface area contributed by atoms with Crippen LogP contribution in [0.15, 0.2) is 0 Å². The molecular weight excluding hydrogens is 267 g/mol. The van der Waals surface area contributed by atoms with Gasteiger partial charge in [0.25, 0.3) is 0 Å². The normalized spacial score (nSPS) is 11.2. The third kappa shape index (κ3) is 6.76. The molecule has 0 aliphatic carbocycles. The van der Waals surface area contributed by atoms with E-state index in [0.717, 1.165) is 5.75 Å². The minimum Gasteiger partial charge on any atom is -0.394 e. The van der Waals surface area contributed by atoms with Crippen molar-refractivity contribution in [2.24, 2.45) is 5.73 Å². The van der Waals surface area contributed by atoms with Gasteiger partial charge in [-0.25, -0.2) is 4.79 Å². The smallest absolute Gasteiger partial charge is 0.330 e. The Labute approximate surface area is 88.3 Å². The molecule has 0 saturated heterocycles. The largest absolute Gasteiger partial charge is 0.394 e. The molecule has 0 unspecified atom stereocenters. The number of ether oxygens (including phenoxy) is 1. The van der Waals surface area contributed by atoms with E-state index in [-0.39, 0.29) is 26.0 Å².